The maximum absolute atomic E-state index is 12.9. The van der Waals surface area contributed by atoms with Crippen molar-refractivity contribution in [2.45, 2.75) is 45.6 Å². The zero-order valence-corrected chi connectivity index (χ0v) is 16.1. The van der Waals surface area contributed by atoms with Crippen molar-refractivity contribution in [1.29, 1.82) is 0 Å². The second kappa shape index (κ2) is 7.51. The molecule has 0 unspecified atom stereocenters. The fourth-order valence-electron chi connectivity index (χ4n) is 3.97. The molecule has 1 saturated heterocycles. The molecule has 0 atom stereocenters. The van der Waals surface area contributed by atoms with Gasteiger partial charge in [-0.1, -0.05) is 31.2 Å². The number of carbonyl (C=O) groups excluding carboxylic acids is 1. The van der Waals surface area contributed by atoms with Crippen LogP contribution in [0.5, 0.6) is 0 Å². The van der Waals surface area contributed by atoms with E-state index in [1.807, 2.05) is 28.8 Å². The Morgan fingerprint density at radius 2 is 1.89 bits per heavy atom. The minimum atomic E-state index is 0.111. The number of hydrogen-bond donors (Lipinski definition) is 0. The molecule has 140 valence electrons. The van der Waals surface area contributed by atoms with Crippen molar-refractivity contribution in [3.05, 3.63) is 59.7 Å². The molecular weight excluding hydrogens is 336 g/mol. The van der Waals surface area contributed by atoms with E-state index in [4.69, 9.17) is 0 Å². The zero-order valence-electron chi connectivity index (χ0n) is 16.1. The molecule has 1 aromatic carbocycles. The molecule has 0 aliphatic carbocycles. The van der Waals surface area contributed by atoms with Gasteiger partial charge in [-0.05, 0) is 37.6 Å². The highest BCUT2D eigenvalue weighted by Gasteiger charge is 2.27. The third-order valence-electron chi connectivity index (χ3n) is 5.62. The summed E-state index contributed by atoms with van der Waals surface area (Å²) in [6.45, 7) is 6.51. The molecule has 0 saturated carbocycles. The number of amides is 1. The molecule has 5 heteroatoms. The lowest BCUT2D eigenvalue weighted by Gasteiger charge is -2.31. The molecule has 3 aromatic rings. The number of likely N-dealkylation sites (tertiary alicyclic amines) is 1. The summed E-state index contributed by atoms with van der Waals surface area (Å²) in [5.41, 5.74) is 2.86. The standard InChI is InChI=1S/C22H26N4O/c1-3-10-26-16(2)20(15-24-26)22(27)25-11-8-17(9-12-25)21-13-18-6-4-5-7-19(18)14-23-21/h4-7,13-15,17H,3,8-12H2,1-2H3. The average molecular weight is 362 g/mol. The lowest BCUT2D eigenvalue weighted by Crippen LogP contribution is -2.38. The third kappa shape index (κ3) is 3.46. The summed E-state index contributed by atoms with van der Waals surface area (Å²) in [6.07, 6.45) is 6.62. The topological polar surface area (TPSA) is 51.0 Å². The molecule has 1 aliphatic heterocycles. The van der Waals surface area contributed by atoms with Gasteiger partial charge in [0.25, 0.3) is 5.91 Å². The molecule has 4 rings (SSSR count). The largest absolute Gasteiger partial charge is 0.338 e. The number of piperidine rings is 1. The Hall–Kier alpha value is -2.69. The van der Waals surface area contributed by atoms with Gasteiger partial charge < -0.3 is 4.90 Å². The second-order valence-electron chi connectivity index (χ2n) is 7.39. The summed E-state index contributed by atoms with van der Waals surface area (Å²) in [5.74, 6) is 0.530. The minimum absolute atomic E-state index is 0.111. The second-order valence-corrected chi connectivity index (χ2v) is 7.39. The van der Waals surface area contributed by atoms with Gasteiger partial charge in [-0.15, -0.1) is 0 Å². The number of fused-ring (bicyclic) bond motifs is 1. The zero-order chi connectivity index (χ0) is 18.8. The summed E-state index contributed by atoms with van der Waals surface area (Å²) < 4.78 is 1.93. The van der Waals surface area contributed by atoms with Crippen LogP contribution in [0.15, 0.2) is 42.7 Å². The Balaban J connectivity index is 1.44. The fourth-order valence-corrected chi connectivity index (χ4v) is 3.97. The van der Waals surface area contributed by atoms with Gasteiger partial charge in [-0.2, -0.15) is 5.10 Å². The smallest absolute Gasteiger partial charge is 0.257 e. The van der Waals surface area contributed by atoms with Crippen molar-refractivity contribution < 1.29 is 4.79 Å². The summed E-state index contributed by atoms with van der Waals surface area (Å²) in [6, 6.07) is 10.5. The fraction of sp³-hybridized carbons (Fsp3) is 0.409. The molecule has 3 heterocycles. The number of rotatable bonds is 4. The van der Waals surface area contributed by atoms with Crippen molar-refractivity contribution in [3.63, 3.8) is 0 Å². The van der Waals surface area contributed by atoms with Crippen LogP contribution in [0.1, 0.15) is 53.8 Å². The summed E-state index contributed by atoms with van der Waals surface area (Å²) in [7, 11) is 0. The van der Waals surface area contributed by atoms with E-state index < -0.39 is 0 Å². The monoisotopic (exact) mass is 362 g/mol. The molecule has 0 N–H and O–H groups in total. The molecule has 0 spiro atoms. The van der Waals surface area contributed by atoms with Crippen molar-refractivity contribution >= 4 is 16.7 Å². The van der Waals surface area contributed by atoms with Gasteiger partial charge in [0.1, 0.15) is 0 Å². The highest BCUT2D eigenvalue weighted by Crippen LogP contribution is 2.29. The highest BCUT2D eigenvalue weighted by atomic mass is 16.2. The Bertz CT molecular complexity index is 954. The van der Waals surface area contributed by atoms with Gasteiger partial charge >= 0.3 is 0 Å². The lowest BCUT2D eigenvalue weighted by atomic mass is 9.92. The van der Waals surface area contributed by atoms with Crippen molar-refractivity contribution in [2.75, 3.05) is 13.1 Å². The van der Waals surface area contributed by atoms with E-state index in [-0.39, 0.29) is 5.91 Å². The van der Waals surface area contributed by atoms with Gasteiger partial charge in [0.2, 0.25) is 0 Å². The first kappa shape index (κ1) is 17.7. The van der Waals surface area contributed by atoms with Crippen LogP contribution in [0.25, 0.3) is 10.8 Å². The van der Waals surface area contributed by atoms with Gasteiger partial charge in [-0.3, -0.25) is 14.5 Å². The average Bonchev–Trinajstić information content (AvgIpc) is 3.08. The first-order valence-corrected chi connectivity index (χ1v) is 9.83. The molecule has 2 aromatic heterocycles. The molecular formula is C22H26N4O. The van der Waals surface area contributed by atoms with Crippen LogP contribution < -0.4 is 0 Å². The quantitative estimate of drug-likeness (QED) is 0.700. The van der Waals surface area contributed by atoms with Gasteiger partial charge in [0.05, 0.1) is 11.8 Å². The summed E-state index contributed by atoms with van der Waals surface area (Å²) >= 11 is 0. The SMILES string of the molecule is CCCn1ncc(C(=O)N2CCC(c3cc4ccccc4cn3)CC2)c1C. The molecule has 27 heavy (non-hydrogen) atoms. The molecule has 1 aliphatic rings. The molecule has 5 nitrogen and oxygen atoms in total. The van der Waals surface area contributed by atoms with Crippen LogP contribution >= 0.6 is 0 Å². The van der Waals surface area contributed by atoms with E-state index in [0.29, 0.717) is 5.92 Å². The van der Waals surface area contributed by atoms with Crippen LogP contribution in [0.3, 0.4) is 0 Å². The molecule has 1 amide bonds. The maximum Gasteiger partial charge on any atom is 0.257 e. The Labute approximate surface area is 160 Å². The number of hydrogen-bond acceptors (Lipinski definition) is 3. The summed E-state index contributed by atoms with van der Waals surface area (Å²) in [5, 5.41) is 6.78. The van der Waals surface area contributed by atoms with Crippen LogP contribution in [0.2, 0.25) is 0 Å². The van der Waals surface area contributed by atoms with Gasteiger partial charge in [0, 0.05) is 48.5 Å². The first-order chi connectivity index (χ1) is 13.2. The van der Waals surface area contributed by atoms with Crippen LogP contribution in [-0.4, -0.2) is 38.7 Å². The van der Waals surface area contributed by atoms with Crippen LogP contribution in [0, 0.1) is 6.92 Å². The van der Waals surface area contributed by atoms with Crippen molar-refractivity contribution in [2.24, 2.45) is 0 Å². The molecule has 0 bridgehead atoms. The Morgan fingerprint density at radius 3 is 2.63 bits per heavy atom. The predicted octanol–water partition coefficient (Wildman–Crippen LogP) is 4.17. The molecule has 0 radical (unpaired) electrons. The van der Waals surface area contributed by atoms with Gasteiger partial charge in [-0.25, -0.2) is 0 Å². The van der Waals surface area contributed by atoms with Gasteiger partial charge in [0.15, 0.2) is 0 Å². The van der Waals surface area contributed by atoms with E-state index >= 15 is 0 Å². The van der Waals surface area contributed by atoms with Crippen LogP contribution in [0.4, 0.5) is 0 Å². The van der Waals surface area contributed by atoms with Crippen molar-refractivity contribution in [3.8, 4) is 0 Å². The van der Waals surface area contributed by atoms with E-state index in [9.17, 15) is 4.79 Å². The maximum atomic E-state index is 12.9. The molecule has 1 fully saturated rings. The highest BCUT2D eigenvalue weighted by molar-refractivity contribution is 5.95. The number of pyridine rings is 1. The van der Waals surface area contributed by atoms with E-state index in [0.717, 1.165) is 55.8 Å². The van der Waals surface area contributed by atoms with E-state index in [1.165, 1.54) is 10.8 Å². The first-order valence-electron chi connectivity index (χ1n) is 9.83. The lowest BCUT2D eigenvalue weighted by molar-refractivity contribution is 0.0711. The van der Waals surface area contributed by atoms with Crippen molar-refractivity contribution in [1.82, 2.24) is 19.7 Å². The third-order valence-corrected chi connectivity index (χ3v) is 5.62. The Morgan fingerprint density at radius 1 is 1.15 bits per heavy atom. The minimum Gasteiger partial charge on any atom is -0.338 e. The van der Waals surface area contributed by atoms with E-state index in [1.54, 1.807) is 6.20 Å². The number of benzene rings is 1. The van der Waals surface area contributed by atoms with E-state index in [2.05, 4.69) is 41.3 Å². The summed E-state index contributed by atoms with van der Waals surface area (Å²) in [4.78, 5) is 19.6. The predicted molar refractivity (Wildman–Crippen MR) is 107 cm³/mol. The Kier molecular flexibility index (Phi) is 4.92. The number of nitrogens with zero attached hydrogens (tertiary/aromatic N) is 4. The number of aromatic nitrogens is 3. The number of carbonyl (C=O) groups is 1. The number of aryl methyl sites for hydroxylation is 1. The van der Waals surface area contributed by atoms with Crippen LogP contribution in [-0.2, 0) is 6.54 Å². The normalized spacial score (nSPS) is 15.4.